The normalized spacial score (nSPS) is 19.3. The highest BCUT2D eigenvalue weighted by Gasteiger charge is 2.28. The van der Waals surface area contributed by atoms with Crippen molar-refractivity contribution < 1.29 is 23.0 Å². The smallest absolute Gasteiger partial charge is 0.405 e. The number of anilines is 1. The minimum absolute atomic E-state index is 0.164. The molecule has 1 aliphatic carbocycles. The highest BCUT2D eigenvalue weighted by atomic mass is 19.4. The van der Waals surface area contributed by atoms with E-state index >= 15 is 0 Å². The van der Waals surface area contributed by atoms with Crippen LogP contribution in [0.5, 0.6) is 0 Å². The fraction of sp³-hybridized carbons (Fsp3) is 0.522. The van der Waals surface area contributed by atoms with Gasteiger partial charge in [0.1, 0.15) is 19.0 Å². The number of aliphatic hydroxyl groups is 1. The van der Waals surface area contributed by atoms with E-state index in [1.807, 2.05) is 27.7 Å². The zero-order valence-electron chi connectivity index (χ0n) is 19.3. The Bertz CT molecular complexity index is 1040. The summed E-state index contributed by atoms with van der Waals surface area (Å²) in [5.41, 5.74) is 2.71. The molecule has 7 nitrogen and oxygen atoms in total. The number of alkyl halides is 3. The van der Waals surface area contributed by atoms with Crippen molar-refractivity contribution in [2.45, 2.75) is 64.3 Å². The minimum atomic E-state index is -4.32. The molecule has 33 heavy (non-hydrogen) atoms. The maximum atomic E-state index is 12.7. The number of benzene rings is 1. The number of pyridine rings is 1. The summed E-state index contributed by atoms with van der Waals surface area (Å²) < 4.78 is 44.0. The molecule has 0 amide bonds. The van der Waals surface area contributed by atoms with Gasteiger partial charge in [0.2, 0.25) is 0 Å². The van der Waals surface area contributed by atoms with Gasteiger partial charge >= 0.3 is 6.18 Å². The van der Waals surface area contributed by atoms with Gasteiger partial charge in [-0.15, -0.1) is 5.10 Å². The fourth-order valence-electron chi connectivity index (χ4n) is 3.68. The van der Waals surface area contributed by atoms with Gasteiger partial charge in [-0.3, -0.25) is 5.32 Å². The molecule has 1 aromatic heterocycles. The molecule has 10 heteroatoms. The Kier molecular flexibility index (Phi) is 7.28. The standard InChI is InChI=1S/C23H30F3N5O2/c1-13-6-19(21(31-27-5)33-12-29-14-7-16(32)8-14)30-20-17(13)9-15(28-11-23(24,25)26)10-18(20)22(2,3)4/h6,9-10,14,16,28-29,32H,5,7-8,11-12H2,1-4H3/b31-21-. The van der Waals surface area contributed by atoms with Gasteiger partial charge in [0.15, 0.2) is 0 Å². The van der Waals surface area contributed by atoms with E-state index in [0.717, 1.165) is 16.5 Å². The SMILES string of the molecule is C=N/N=C(\OCNC1CC(O)C1)c1cc(C)c2cc(NCC(F)(F)F)cc(C(C)(C)C)c2n1. The van der Waals surface area contributed by atoms with E-state index in [9.17, 15) is 18.3 Å². The molecule has 1 aromatic carbocycles. The maximum absolute atomic E-state index is 12.7. The topological polar surface area (TPSA) is 91.1 Å². The van der Waals surface area contributed by atoms with Crippen LogP contribution in [0, 0.1) is 6.92 Å². The summed E-state index contributed by atoms with van der Waals surface area (Å²) in [6.07, 6.45) is -3.26. The molecule has 180 valence electrons. The van der Waals surface area contributed by atoms with Crippen molar-refractivity contribution in [1.29, 1.82) is 0 Å². The average molecular weight is 466 g/mol. The Morgan fingerprint density at radius 2 is 1.94 bits per heavy atom. The third kappa shape index (κ3) is 6.42. The quantitative estimate of drug-likeness (QED) is 0.246. The second-order valence-corrected chi connectivity index (χ2v) is 9.32. The number of aryl methyl sites for hydroxylation is 1. The summed E-state index contributed by atoms with van der Waals surface area (Å²) in [6, 6.07) is 5.32. The van der Waals surface area contributed by atoms with Crippen LogP contribution in [0.2, 0.25) is 0 Å². The van der Waals surface area contributed by atoms with Crippen molar-refractivity contribution in [1.82, 2.24) is 10.3 Å². The predicted molar refractivity (Wildman–Crippen MR) is 124 cm³/mol. The number of nitrogens with one attached hydrogen (secondary N) is 2. The van der Waals surface area contributed by atoms with Crippen LogP contribution in [-0.2, 0) is 10.2 Å². The van der Waals surface area contributed by atoms with Gasteiger partial charge in [0, 0.05) is 23.8 Å². The van der Waals surface area contributed by atoms with Crippen molar-refractivity contribution in [2.75, 3.05) is 18.6 Å². The zero-order chi connectivity index (χ0) is 24.4. The first-order chi connectivity index (χ1) is 15.4. The number of rotatable bonds is 7. The lowest BCUT2D eigenvalue weighted by molar-refractivity contribution is -0.115. The van der Waals surface area contributed by atoms with Gasteiger partial charge in [-0.25, -0.2) is 4.98 Å². The van der Waals surface area contributed by atoms with Crippen molar-refractivity contribution in [3.63, 3.8) is 0 Å². The molecule has 1 fully saturated rings. The number of aliphatic hydroxyl groups excluding tert-OH is 1. The molecule has 3 rings (SSSR count). The molecule has 0 saturated heterocycles. The number of hydrogen-bond donors (Lipinski definition) is 3. The van der Waals surface area contributed by atoms with Gasteiger partial charge in [-0.1, -0.05) is 20.8 Å². The van der Waals surface area contributed by atoms with Gasteiger partial charge in [0.25, 0.3) is 5.90 Å². The van der Waals surface area contributed by atoms with E-state index in [0.29, 0.717) is 29.7 Å². The van der Waals surface area contributed by atoms with Crippen LogP contribution in [0.15, 0.2) is 28.4 Å². The Morgan fingerprint density at radius 1 is 1.24 bits per heavy atom. The third-order valence-electron chi connectivity index (χ3n) is 5.50. The van der Waals surface area contributed by atoms with Crippen molar-refractivity contribution in [3.8, 4) is 0 Å². The molecule has 0 atom stereocenters. The van der Waals surface area contributed by atoms with Crippen LogP contribution in [-0.4, -0.2) is 54.3 Å². The summed E-state index contributed by atoms with van der Waals surface area (Å²) in [5, 5.41) is 23.4. The van der Waals surface area contributed by atoms with Crippen molar-refractivity contribution in [3.05, 3.63) is 35.0 Å². The second kappa shape index (κ2) is 9.64. The molecule has 3 N–H and O–H groups in total. The minimum Gasteiger partial charge on any atom is -0.459 e. The molecule has 2 aromatic rings. The Labute approximate surface area is 191 Å². The molecule has 1 saturated carbocycles. The van der Waals surface area contributed by atoms with Crippen molar-refractivity contribution in [2.24, 2.45) is 10.2 Å². The molecule has 0 radical (unpaired) electrons. The van der Waals surface area contributed by atoms with Gasteiger partial charge in [0.05, 0.1) is 11.6 Å². The Hall–Kier alpha value is -2.72. The monoisotopic (exact) mass is 465 g/mol. The lowest BCUT2D eigenvalue weighted by atomic mass is 9.84. The third-order valence-corrected chi connectivity index (χ3v) is 5.50. The van der Waals surface area contributed by atoms with Crippen LogP contribution in [0.3, 0.4) is 0 Å². The molecule has 0 aliphatic heterocycles. The number of halogens is 3. The van der Waals surface area contributed by atoms with E-state index in [-0.39, 0.29) is 30.2 Å². The maximum Gasteiger partial charge on any atom is 0.405 e. The predicted octanol–water partition coefficient (Wildman–Crippen LogP) is 4.26. The summed E-state index contributed by atoms with van der Waals surface area (Å²) in [7, 11) is 0. The van der Waals surface area contributed by atoms with Crippen LogP contribution in [0.25, 0.3) is 10.9 Å². The molecule has 1 aliphatic rings. The summed E-state index contributed by atoms with van der Waals surface area (Å²) in [6.45, 7) is 10.2. The van der Waals surface area contributed by atoms with Crippen LogP contribution in [0.1, 0.15) is 50.4 Å². The Morgan fingerprint density at radius 3 is 2.52 bits per heavy atom. The molecule has 0 bridgehead atoms. The van der Waals surface area contributed by atoms with E-state index in [2.05, 4.69) is 27.6 Å². The van der Waals surface area contributed by atoms with Crippen molar-refractivity contribution >= 4 is 29.2 Å². The highest BCUT2D eigenvalue weighted by molar-refractivity contribution is 5.97. The summed E-state index contributed by atoms with van der Waals surface area (Å²) >= 11 is 0. The van der Waals surface area contributed by atoms with Gasteiger partial charge < -0.3 is 15.2 Å². The van der Waals surface area contributed by atoms with Crippen LogP contribution < -0.4 is 10.6 Å². The van der Waals surface area contributed by atoms with Crippen LogP contribution >= 0.6 is 0 Å². The fourth-order valence-corrected chi connectivity index (χ4v) is 3.68. The van der Waals surface area contributed by atoms with E-state index in [1.165, 1.54) is 0 Å². The lowest BCUT2D eigenvalue weighted by Gasteiger charge is -2.31. The summed E-state index contributed by atoms with van der Waals surface area (Å²) in [5.74, 6) is 0.182. The molecular formula is C23H30F3N5O2. The Balaban J connectivity index is 1.96. The number of hydrogen-bond acceptors (Lipinski definition) is 7. The summed E-state index contributed by atoms with van der Waals surface area (Å²) in [4.78, 5) is 4.75. The average Bonchev–Trinajstić information content (AvgIpc) is 2.68. The zero-order valence-corrected chi connectivity index (χ0v) is 19.3. The van der Waals surface area contributed by atoms with Gasteiger partial charge in [-0.2, -0.15) is 18.3 Å². The highest BCUT2D eigenvalue weighted by Crippen LogP contribution is 2.34. The van der Waals surface area contributed by atoms with E-state index < -0.39 is 12.7 Å². The van der Waals surface area contributed by atoms with E-state index in [1.54, 1.807) is 18.2 Å². The number of nitrogens with zero attached hydrogens (tertiary/aromatic N) is 3. The molecular weight excluding hydrogens is 435 g/mol. The first-order valence-corrected chi connectivity index (χ1v) is 10.7. The molecule has 0 spiro atoms. The van der Waals surface area contributed by atoms with E-state index in [4.69, 9.17) is 9.72 Å². The largest absolute Gasteiger partial charge is 0.459 e. The molecule has 0 unspecified atom stereocenters. The van der Waals surface area contributed by atoms with Crippen LogP contribution in [0.4, 0.5) is 18.9 Å². The molecule has 1 heterocycles. The number of aromatic nitrogens is 1. The first-order valence-electron chi connectivity index (χ1n) is 10.7. The first kappa shape index (κ1) is 24.9. The second-order valence-electron chi connectivity index (χ2n) is 9.32. The number of fused-ring (bicyclic) bond motifs is 1. The lowest BCUT2D eigenvalue weighted by Crippen LogP contribution is -2.45. The van der Waals surface area contributed by atoms with Gasteiger partial charge in [-0.05, 0) is 54.5 Å². The number of ether oxygens (including phenoxy) is 1.